The fourth-order valence-corrected chi connectivity index (χ4v) is 3.25. The van der Waals surface area contributed by atoms with E-state index in [9.17, 15) is 9.90 Å². The van der Waals surface area contributed by atoms with Gasteiger partial charge in [0.05, 0.1) is 5.92 Å². The van der Waals surface area contributed by atoms with E-state index in [1.807, 2.05) is 18.2 Å². The summed E-state index contributed by atoms with van der Waals surface area (Å²) in [6.07, 6.45) is 3.53. The molecule has 25 heavy (non-hydrogen) atoms. The van der Waals surface area contributed by atoms with E-state index in [4.69, 9.17) is 9.97 Å². The van der Waals surface area contributed by atoms with Gasteiger partial charge in [-0.25, -0.2) is 9.97 Å². The lowest BCUT2D eigenvalue weighted by atomic mass is 9.98. The Balaban J connectivity index is 1.95. The van der Waals surface area contributed by atoms with Crippen LogP contribution < -0.4 is 4.90 Å². The second kappa shape index (κ2) is 7.64. The van der Waals surface area contributed by atoms with Crippen LogP contribution in [-0.2, 0) is 11.2 Å². The number of aliphatic carboxylic acids is 1. The van der Waals surface area contributed by atoms with Gasteiger partial charge in [0.2, 0.25) is 0 Å². The van der Waals surface area contributed by atoms with Crippen molar-refractivity contribution in [2.24, 2.45) is 5.92 Å². The molecule has 2 aromatic rings. The summed E-state index contributed by atoms with van der Waals surface area (Å²) >= 11 is 0. The first-order chi connectivity index (χ1) is 12.1. The molecular formula is C20H25N3O2. The third kappa shape index (κ3) is 4.16. The van der Waals surface area contributed by atoms with Crippen LogP contribution in [0.15, 0.2) is 30.3 Å². The number of aromatic nitrogens is 2. The van der Waals surface area contributed by atoms with E-state index in [0.717, 1.165) is 55.1 Å². The maximum atomic E-state index is 11.4. The molecule has 0 saturated carbocycles. The van der Waals surface area contributed by atoms with Crippen molar-refractivity contribution in [3.05, 3.63) is 41.6 Å². The summed E-state index contributed by atoms with van der Waals surface area (Å²) in [6.45, 7) is 5.56. The number of hydrogen-bond acceptors (Lipinski definition) is 4. The fraction of sp³-hybridized carbons (Fsp3) is 0.450. The molecule has 1 N–H and O–H groups in total. The SMILES string of the molecule is CCCc1cc(N2CCCC(C(=O)O)C2)nc(-c2ccc(C)cc2)n1. The Hall–Kier alpha value is -2.43. The van der Waals surface area contributed by atoms with Crippen molar-refractivity contribution < 1.29 is 9.90 Å². The van der Waals surface area contributed by atoms with E-state index < -0.39 is 5.97 Å². The zero-order valence-corrected chi connectivity index (χ0v) is 14.9. The molecule has 5 heteroatoms. The molecule has 0 radical (unpaired) electrons. The lowest BCUT2D eigenvalue weighted by Gasteiger charge is -2.32. The highest BCUT2D eigenvalue weighted by Crippen LogP contribution is 2.25. The van der Waals surface area contributed by atoms with E-state index in [-0.39, 0.29) is 5.92 Å². The van der Waals surface area contributed by atoms with Gasteiger partial charge in [-0.3, -0.25) is 4.79 Å². The summed E-state index contributed by atoms with van der Waals surface area (Å²) in [6, 6.07) is 10.2. The van der Waals surface area contributed by atoms with Crippen LogP contribution in [0.4, 0.5) is 5.82 Å². The van der Waals surface area contributed by atoms with Crippen molar-refractivity contribution in [2.45, 2.75) is 39.5 Å². The highest BCUT2D eigenvalue weighted by atomic mass is 16.4. The van der Waals surface area contributed by atoms with Crippen LogP contribution in [0.3, 0.4) is 0 Å². The maximum Gasteiger partial charge on any atom is 0.308 e. The Bertz CT molecular complexity index is 743. The molecule has 132 valence electrons. The third-order valence-corrected chi connectivity index (χ3v) is 4.68. The molecule has 0 amide bonds. The van der Waals surface area contributed by atoms with Gasteiger partial charge in [0.25, 0.3) is 0 Å². The zero-order chi connectivity index (χ0) is 17.8. The monoisotopic (exact) mass is 339 g/mol. The lowest BCUT2D eigenvalue weighted by Crippen LogP contribution is -2.39. The molecule has 2 heterocycles. The van der Waals surface area contributed by atoms with E-state index in [1.54, 1.807) is 0 Å². The first kappa shape index (κ1) is 17.4. The van der Waals surface area contributed by atoms with Crippen molar-refractivity contribution in [3.8, 4) is 11.4 Å². The van der Waals surface area contributed by atoms with Crippen LogP contribution in [0.1, 0.15) is 37.4 Å². The number of benzene rings is 1. The Morgan fingerprint density at radius 2 is 2.04 bits per heavy atom. The standard InChI is InChI=1S/C20H25N3O2/c1-3-5-17-12-18(23-11-4-6-16(13-23)20(24)25)22-19(21-17)15-9-7-14(2)8-10-15/h7-10,12,16H,3-6,11,13H2,1-2H3,(H,24,25). The minimum absolute atomic E-state index is 0.318. The molecule has 1 aliphatic rings. The number of aryl methyl sites for hydroxylation is 2. The first-order valence-corrected chi connectivity index (χ1v) is 8.99. The zero-order valence-electron chi connectivity index (χ0n) is 14.9. The Kier molecular flexibility index (Phi) is 5.31. The smallest absolute Gasteiger partial charge is 0.308 e. The number of nitrogens with zero attached hydrogens (tertiary/aromatic N) is 3. The Labute approximate surface area is 148 Å². The van der Waals surface area contributed by atoms with Crippen LogP contribution >= 0.6 is 0 Å². The number of piperidine rings is 1. The minimum Gasteiger partial charge on any atom is -0.481 e. The molecule has 0 bridgehead atoms. The van der Waals surface area contributed by atoms with Gasteiger partial charge in [0.15, 0.2) is 5.82 Å². The summed E-state index contributed by atoms with van der Waals surface area (Å²) in [7, 11) is 0. The molecule has 1 aromatic carbocycles. The fourth-order valence-electron chi connectivity index (χ4n) is 3.25. The summed E-state index contributed by atoms with van der Waals surface area (Å²) < 4.78 is 0. The minimum atomic E-state index is -0.716. The summed E-state index contributed by atoms with van der Waals surface area (Å²) in [4.78, 5) is 22.9. The number of carboxylic acid groups (broad SMARTS) is 1. The van der Waals surface area contributed by atoms with Gasteiger partial charge in [-0.05, 0) is 26.2 Å². The molecule has 0 aliphatic carbocycles. The van der Waals surface area contributed by atoms with Crippen molar-refractivity contribution in [1.82, 2.24) is 9.97 Å². The van der Waals surface area contributed by atoms with E-state index in [0.29, 0.717) is 6.54 Å². The van der Waals surface area contributed by atoms with Crippen LogP contribution in [0, 0.1) is 12.8 Å². The molecule has 1 saturated heterocycles. The second-order valence-corrected chi connectivity index (χ2v) is 6.78. The molecule has 3 rings (SSSR count). The predicted molar refractivity (Wildman–Crippen MR) is 98.8 cm³/mol. The molecule has 1 aromatic heterocycles. The van der Waals surface area contributed by atoms with E-state index in [1.165, 1.54) is 5.56 Å². The Morgan fingerprint density at radius 1 is 1.28 bits per heavy atom. The van der Waals surface area contributed by atoms with Crippen LogP contribution in [0.25, 0.3) is 11.4 Å². The molecule has 1 unspecified atom stereocenters. The average molecular weight is 339 g/mol. The molecule has 5 nitrogen and oxygen atoms in total. The van der Waals surface area contributed by atoms with Crippen molar-refractivity contribution in [1.29, 1.82) is 0 Å². The predicted octanol–water partition coefficient (Wildman–Crippen LogP) is 3.71. The molecule has 1 atom stereocenters. The maximum absolute atomic E-state index is 11.4. The van der Waals surface area contributed by atoms with Gasteiger partial charge in [-0.1, -0.05) is 43.2 Å². The highest BCUT2D eigenvalue weighted by molar-refractivity contribution is 5.71. The van der Waals surface area contributed by atoms with E-state index >= 15 is 0 Å². The molecule has 1 fully saturated rings. The highest BCUT2D eigenvalue weighted by Gasteiger charge is 2.26. The number of rotatable bonds is 5. The van der Waals surface area contributed by atoms with Gasteiger partial charge in [-0.15, -0.1) is 0 Å². The number of carbonyl (C=O) groups is 1. The van der Waals surface area contributed by atoms with Crippen molar-refractivity contribution in [3.63, 3.8) is 0 Å². The van der Waals surface area contributed by atoms with Gasteiger partial charge in [0.1, 0.15) is 5.82 Å². The summed E-state index contributed by atoms with van der Waals surface area (Å²) in [5, 5.41) is 9.34. The van der Waals surface area contributed by atoms with Crippen molar-refractivity contribution >= 4 is 11.8 Å². The number of carboxylic acids is 1. The Morgan fingerprint density at radius 3 is 2.72 bits per heavy atom. The first-order valence-electron chi connectivity index (χ1n) is 8.99. The summed E-state index contributed by atoms with van der Waals surface area (Å²) in [5.74, 6) is 0.533. The number of hydrogen-bond donors (Lipinski definition) is 1. The van der Waals surface area contributed by atoms with Gasteiger partial charge < -0.3 is 10.0 Å². The number of anilines is 1. The third-order valence-electron chi connectivity index (χ3n) is 4.68. The van der Waals surface area contributed by atoms with Gasteiger partial charge >= 0.3 is 5.97 Å². The molecular weight excluding hydrogens is 314 g/mol. The second-order valence-electron chi connectivity index (χ2n) is 6.78. The largest absolute Gasteiger partial charge is 0.481 e. The quantitative estimate of drug-likeness (QED) is 0.899. The topological polar surface area (TPSA) is 66.3 Å². The van der Waals surface area contributed by atoms with Crippen LogP contribution in [-0.4, -0.2) is 34.1 Å². The molecule has 1 aliphatic heterocycles. The van der Waals surface area contributed by atoms with Crippen LogP contribution in [0.5, 0.6) is 0 Å². The summed E-state index contributed by atoms with van der Waals surface area (Å²) in [5.41, 5.74) is 3.21. The van der Waals surface area contributed by atoms with Gasteiger partial charge in [-0.2, -0.15) is 0 Å². The van der Waals surface area contributed by atoms with Crippen molar-refractivity contribution in [2.75, 3.05) is 18.0 Å². The van der Waals surface area contributed by atoms with Crippen LogP contribution in [0.2, 0.25) is 0 Å². The average Bonchev–Trinajstić information content (AvgIpc) is 2.62. The normalized spacial score (nSPS) is 17.5. The van der Waals surface area contributed by atoms with Gasteiger partial charge in [0, 0.05) is 30.4 Å². The van der Waals surface area contributed by atoms with E-state index in [2.05, 4.69) is 30.9 Å². The molecule has 0 spiro atoms. The lowest BCUT2D eigenvalue weighted by molar-refractivity contribution is -0.141.